The van der Waals surface area contributed by atoms with Gasteiger partial charge in [-0.3, -0.25) is 0 Å². The molecule has 3 heteroatoms. The van der Waals surface area contributed by atoms with Crippen LogP contribution < -0.4 is 5.73 Å². The number of imidazole rings is 1. The third kappa shape index (κ3) is 0.807. The lowest BCUT2D eigenvalue weighted by atomic mass is 10.1. The summed E-state index contributed by atoms with van der Waals surface area (Å²) in [7, 11) is 0. The van der Waals surface area contributed by atoms with E-state index in [-0.39, 0.29) is 5.41 Å². The summed E-state index contributed by atoms with van der Waals surface area (Å²) in [4.78, 5) is 7.07. The van der Waals surface area contributed by atoms with E-state index in [1.165, 1.54) is 5.69 Å². The van der Waals surface area contributed by atoms with Gasteiger partial charge in [-0.15, -0.1) is 0 Å². The van der Waals surface area contributed by atoms with Gasteiger partial charge in [0.2, 0.25) is 0 Å². The van der Waals surface area contributed by atoms with Gasteiger partial charge in [-0.2, -0.15) is 0 Å². The van der Waals surface area contributed by atoms with Crippen molar-refractivity contribution in [2.45, 2.75) is 25.8 Å². The van der Waals surface area contributed by atoms with Crippen LogP contribution in [0.25, 0.3) is 0 Å². The van der Waals surface area contributed by atoms with Gasteiger partial charge in [-0.1, -0.05) is 13.8 Å². The normalized spacial score (nSPS) is 33.7. The number of aromatic nitrogens is 2. The number of rotatable bonds is 1. The summed E-state index contributed by atoms with van der Waals surface area (Å²) in [5, 5.41) is 0. The molecule has 1 aliphatic carbocycles. The number of aromatic amines is 1. The average molecular weight is 151 g/mol. The number of nitrogens with zero attached hydrogens (tertiary/aromatic N) is 1. The van der Waals surface area contributed by atoms with Gasteiger partial charge < -0.3 is 10.7 Å². The third-order valence-corrected chi connectivity index (χ3v) is 2.77. The number of hydrogen-bond acceptors (Lipinski definition) is 2. The minimum absolute atomic E-state index is 0.256. The fourth-order valence-electron chi connectivity index (χ4n) is 1.71. The Bertz CT molecular complexity index is 250. The second-order valence-electron chi connectivity index (χ2n) is 3.83. The molecule has 1 aromatic heterocycles. The summed E-state index contributed by atoms with van der Waals surface area (Å²) < 4.78 is 0. The molecule has 3 nitrogen and oxygen atoms in total. The standard InChI is InChI=1S/C8H13N3/c1-8(2)6(7(8)9)5-3-10-4-11-5/h3-4,6-7H,9H2,1-2H3,(H,10,11)/t6-,7-/m1/s1. The van der Waals surface area contributed by atoms with E-state index in [1.807, 2.05) is 6.20 Å². The quantitative estimate of drug-likeness (QED) is 0.625. The molecular weight excluding hydrogens is 138 g/mol. The fraction of sp³-hybridized carbons (Fsp3) is 0.625. The lowest BCUT2D eigenvalue weighted by Gasteiger charge is -1.97. The SMILES string of the molecule is CC1(C)[C@H](N)[C@H]1c1cnc[nH]1. The van der Waals surface area contributed by atoms with Crippen molar-refractivity contribution < 1.29 is 0 Å². The predicted octanol–water partition coefficient (Wildman–Crippen LogP) is 0.860. The topological polar surface area (TPSA) is 54.7 Å². The van der Waals surface area contributed by atoms with E-state index >= 15 is 0 Å². The first kappa shape index (κ1) is 6.85. The molecule has 60 valence electrons. The van der Waals surface area contributed by atoms with Gasteiger partial charge in [0.05, 0.1) is 6.33 Å². The Balaban J connectivity index is 2.23. The van der Waals surface area contributed by atoms with Crippen molar-refractivity contribution in [3.8, 4) is 0 Å². The molecule has 3 N–H and O–H groups in total. The fourth-order valence-corrected chi connectivity index (χ4v) is 1.71. The molecule has 0 aromatic carbocycles. The van der Waals surface area contributed by atoms with Crippen molar-refractivity contribution in [2.75, 3.05) is 0 Å². The summed E-state index contributed by atoms with van der Waals surface area (Å²) in [5.74, 6) is 0.477. The molecule has 1 aliphatic rings. The van der Waals surface area contributed by atoms with Crippen molar-refractivity contribution in [1.29, 1.82) is 0 Å². The van der Waals surface area contributed by atoms with E-state index in [0.29, 0.717) is 12.0 Å². The zero-order chi connectivity index (χ0) is 8.06. The van der Waals surface area contributed by atoms with E-state index in [1.54, 1.807) is 6.33 Å². The maximum Gasteiger partial charge on any atom is 0.0921 e. The minimum atomic E-state index is 0.256. The molecule has 1 heterocycles. The van der Waals surface area contributed by atoms with Crippen LogP contribution in [0.5, 0.6) is 0 Å². The summed E-state index contributed by atoms with van der Waals surface area (Å²) in [6.07, 6.45) is 3.57. The Kier molecular flexibility index (Phi) is 1.16. The number of H-pyrrole nitrogens is 1. The molecule has 0 spiro atoms. The van der Waals surface area contributed by atoms with E-state index in [0.717, 1.165) is 0 Å². The van der Waals surface area contributed by atoms with Crippen LogP contribution in [-0.4, -0.2) is 16.0 Å². The zero-order valence-corrected chi connectivity index (χ0v) is 6.83. The Morgan fingerprint density at radius 3 is 2.64 bits per heavy atom. The lowest BCUT2D eigenvalue weighted by Crippen LogP contribution is -2.06. The highest BCUT2D eigenvalue weighted by molar-refractivity contribution is 5.27. The van der Waals surface area contributed by atoms with Gasteiger partial charge >= 0.3 is 0 Å². The van der Waals surface area contributed by atoms with Crippen LogP contribution in [0.3, 0.4) is 0 Å². The maximum absolute atomic E-state index is 5.89. The molecule has 0 radical (unpaired) electrons. The highest BCUT2D eigenvalue weighted by Crippen LogP contribution is 2.56. The summed E-state index contributed by atoms with van der Waals surface area (Å²) >= 11 is 0. The van der Waals surface area contributed by atoms with E-state index in [9.17, 15) is 0 Å². The summed E-state index contributed by atoms with van der Waals surface area (Å²) in [6.45, 7) is 4.37. The molecule has 0 bridgehead atoms. The van der Waals surface area contributed by atoms with Gasteiger partial charge in [0.25, 0.3) is 0 Å². The smallest absolute Gasteiger partial charge is 0.0921 e. The summed E-state index contributed by atoms with van der Waals surface area (Å²) in [6, 6.07) is 0.294. The molecule has 1 aromatic rings. The van der Waals surface area contributed by atoms with Crippen LogP contribution in [0.15, 0.2) is 12.5 Å². The first-order valence-electron chi connectivity index (χ1n) is 3.88. The van der Waals surface area contributed by atoms with Gasteiger partial charge in [-0.25, -0.2) is 4.98 Å². The van der Waals surface area contributed by atoms with Crippen molar-refractivity contribution in [1.82, 2.24) is 9.97 Å². The van der Waals surface area contributed by atoms with E-state index in [4.69, 9.17) is 5.73 Å². The number of nitrogens with two attached hydrogens (primary N) is 1. The number of hydrogen-bond donors (Lipinski definition) is 2. The molecule has 1 fully saturated rings. The van der Waals surface area contributed by atoms with Gasteiger partial charge in [-0.05, 0) is 5.41 Å². The monoisotopic (exact) mass is 151 g/mol. The van der Waals surface area contributed by atoms with Crippen LogP contribution in [-0.2, 0) is 0 Å². The molecule has 11 heavy (non-hydrogen) atoms. The van der Waals surface area contributed by atoms with Gasteiger partial charge in [0.15, 0.2) is 0 Å². The molecule has 0 saturated heterocycles. The van der Waals surface area contributed by atoms with Crippen molar-refractivity contribution in [2.24, 2.45) is 11.1 Å². The van der Waals surface area contributed by atoms with Crippen molar-refractivity contribution in [3.05, 3.63) is 18.2 Å². The molecule has 0 amide bonds. The lowest BCUT2D eigenvalue weighted by molar-refractivity contribution is 0.596. The Morgan fingerprint density at radius 1 is 1.64 bits per heavy atom. The predicted molar refractivity (Wildman–Crippen MR) is 43.1 cm³/mol. The Morgan fingerprint density at radius 2 is 2.27 bits per heavy atom. The molecule has 2 rings (SSSR count). The first-order chi connectivity index (χ1) is 5.14. The highest BCUT2D eigenvalue weighted by Gasteiger charge is 2.56. The zero-order valence-electron chi connectivity index (χ0n) is 6.83. The largest absolute Gasteiger partial charge is 0.348 e. The van der Waals surface area contributed by atoms with Crippen LogP contribution in [0.4, 0.5) is 0 Å². The molecule has 0 unspecified atom stereocenters. The Labute approximate surface area is 66.0 Å². The summed E-state index contributed by atoms with van der Waals surface area (Å²) in [5.41, 5.74) is 7.31. The van der Waals surface area contributed by atoms with E-state index in [2.05, 4.69) is 23.8 Å². The molecule has 1 saturated carbocycles. The first-order valence-corrected chi connectivity index (χ1v) is 3.88. The Hall–Kier alpha value is -0.830. The molecule has 0 aliphatic heterocycles. The number of nitrogens with one attached hydrogen (secondary N) is 1. The average Bonchev–Trinajstić information content (AvgIpc) is 2.40. The molecular formula is C8H13N3. The van der Waals surface area contributed by atoms with Crippen LogP contribution >= 0.6 is 0 Å². The third-order valence-electron chi connectivity index (χ3n) is 2.77. The molecule has 2 atom stereocenters. The van der Waals surface area contributed by atoms with Crippen LogP contribution in [0, 0.1) is 5.41 Å². The second kappa shape index (κ2) is 1.85. The van der Waals surface area contributed by atoms with Gasteiger partial charge in [0, 0.05) is 23.9 Å². The van der Waals surface area contributed by atoms with Crippen molar-refractivity contribution in [3.63, 3.8) is 0 Å². The van der Waals surface area contributed by atoms with Crippen molar-refractivity contribution >= 4 is 0 Å². The minimum Gasteiger partial charge on any atom is -0.348 e. The van der Waals surface area contributed by atoms with Gasteiger partial charge in [0.1, 0.15) is 0 Å². The van der Waals surface area contributed by atoms with E-state index < -0.39 is 0 Å². The highest BCUT2D eigenvalue weighted by atomic mass is 14.9. The second-order valence-corrected chi connectivity index (χ2v) is 3.83. The maximum atomic E-state index is 5.89. The van der Waals surface area contributed by atoms with Crippen LogP contribution in [0.1, 0.15) is 25.5 Å². The van der Waals surface area contributed by atoms with Crippen LogP contribution in [0.2, 0.25) is 0 Å².